The van der Waals surface area contributed by atoms with Gasteiger partial charge in [0.15, 0.2) is 28.4 Å². The van der Waals surface area contributed by atoms with Crippen LogP contribution in [-0.4, -0.2) is 25.9 Å². The topological polar surface area (TPSA) is 59.8 Å². The quantitative estimate of drug-likeness (QED) is 0.410. The lowest BCUT2D eigenvalue weighted by Gasteiger charge is -2.14. The van der Waals surface area contributed by atoms with Crippen molar-refractivity contribution in [2.75, 3.05) is 5.32 Å². The predicted octanol–water partition coefficient (Wildman–Crippen LogP) is 5.20. The molecule has 0 spiro atoms. The van der Waals surface area contributed by atoms with Gasteiger partial charge >= 0.3 is 0 Å². The van der Waals surface area contributed by atoms with Crippen LogP contribution in [0.15, 0.2) is 41.6 Å². The van der Waals surface area contributed by atoms with Crippen LogP contribution in [-0.2, 0) is 11.3 Å². The minimum Gasteiger partial charge on any atom is -0.323 e. The number of aryl methyl sites for hydroxylation is 1. The largest absolute Gasteiger partial charge is 0.323 e. The molecule has 0 saturated heterocycles. The molecule has 3 rings (SSSR count). The van der Waals surface area contributed by atoms with E-state index in [4.69, 9.17) is 0 Å². The van der Waals surface area contributed by atoms with E-state index in [9.17, 15) is 18.0 Å². The number of carbonyl (C=O) groups is 1. The Kier molecular flexibility index (Phi) is 6.81. The first-order valence-corrected chi connectivity index (χ1v) is 10.3. The number of rotatable bonds is 7. The fourth-order valence-electron chi connectivity index (χ4n) is 2.87. The van der Waals surface area contributed by atoms with Crippen LogP contribution in [0.5, 0.6) is 0 Å². The van der Waals surface area contributed by atoms with E-state index >= 15 is 0 Å². The third-order valence-electron chi connectivity index (χ3n) is 4.38. The van der Waals surface area contributed by atoms with Crippen LogP contribution in [0.1, 0.15) is 25.8 Å². The van der Waals surface area contributed by atoms with Gasteiger partial charge in [0.1, 0.15) is 0 Å². The molecule has 2 aromatic carbocycles. The third kappa shape index (κ3) is 4.67. The Bertz CT molecular complexity index is 1070. The third-order valence-corrected chi connectivity index (χ3v) is 5.47. The molecule has 0 fully saturated rings. The highest BCUT2D eigenvalue weighted by molar-refractivity contribution is 8.00. The highest BCUT2D eigenvalue weighted by Crippen LogP contribution is 2.28. The smallest absolute Gasteiger partial charge is 0.237 e. The lowest BCUT2D eigenvalue weighted by Crippen LogP contribution is -2.24. The molecule has 30 heavy (non-hydrogen) atoms. The summed E-state index contributed by atoms with van der Waals surface area (Å²) in [6, 6.07) is 9.63. The van der Waals surface area contributed by atoms with E-state index in [1.807, 2.05) is 42.7 Å². The summed E-state index contributed by atoms with van der Waals surface area (Å²) in [6.45, 7) is 6.29. The van der Waals surface area contributed by atoms with Crippen molar-refractivity contribution in [1.29, 1.82) is 0 Å². The minimum atomic E-state index is -1.63. The zero-order valence-corrected chi connectivity index (χ0v) is 17.6. The monoisotopic (exact) mass is 434 g/mol. The summed E-state index contributed by atoms with van der Waals surface area (Å²) in [4.78, 5) is 12.5. The van der Waals surface area contributed by atoms with E-state index < -0.39 is 34.3 Å². The molecule has 1 unspecified atom stereocenters. The molecule has 0 saturated carbocycles. The predicted molar refractivity (Wildman–Crippen MR) is 111 cm³/mol. The van der Waals surface area contributed by atoms with Gasteiger partial charge in [-0.2, -0.15) is 0 Å². The van der Waals surface area contributed by atoms with E-state index in [1.165, 1.54) is 0 Å². The molecule has 0 aliphatic heterocycles. The fraction of sp³-hybridized carbons (Fsp3) is 0.286. The number of benzene rings is 2. The van der Waals surface area contributed by atoms with Crippen LogP contribution >= 0.6 is 11.8 Å². The molecule has 0 bridgehead atoms. The average molecular weight is 434 g/mol. The Hall–Kier alpha value is -2.81. The summed E-state index contributed by atoms with van der Waals surface area (Å²) in [5.74, 6) is -4.24. The Labute approximate surface area is 176 Å². The lowest BCUT2D eigenvalue weighted by atomic mass is 10.1. The minimum absolute atomic E-state index is 0.415. The van der Waals surface area contributed by atoms with Crippen molar-refractivity contribution in [3.63, 3.8) is 0 Å². The van der Waals surface area contributed by atoms with E-state index in [-0.39, 0.29) is 0 Å². The number of carbonyl (C=O) groups excluding carboxylic acids is 1. The number of thioether (sulfide) groups is 1. The van der Waals surface area contributed by atoms with Crippen LogP contribution in [0.3, 0.4) is 0 Å². The molecule has 0 radical (unpaired) electrons. The first kappa shape index (κ1) is 21.9. The van der Waals surface area contributed by atoms with Gasteiger partial charge in [0.25, 0.3) is 0 Å². The summed E-state index contributed by atoms with van der Waals surface area (Å²) in [7, 11) is 0. The van der Waals surface area contributed by atoms with Gasteiger partial charge in [0.2, 0.25) is 5.91 Å². The Morgan fingerprint density at radius 1 is 1.17 bits per heavy atom. The van der Waals surface area contributed by atoms with E-state index in [0.717, 1.165) is 41.4 Å². The highest BCUT2D eigenvalue weighted by Gasteiger charge is 2.22. The summed E-state index contributed by atoms with van der Waals surface area (Å²) < 4.78 is 42.2. The van der Waals surface area contributed by atoms with Crippen molar-refractivity contribution in [3.8, 4) is 11.4 Å². The SMILES string of the molecule is CCCn1c(SC(C)C(=O)Nc2ccc(F)c(F)c2F)nnc1-c1cccc(C)c1. The van der Waals surface area contributed by atoms with Crippen molar-refractivity contribution in [2.24, 2.45) is 0 Å². The second-order valence-electron chi connectivity index (χ2n) is 6.80. The number of nitrogens with one attached hydrogen (secondary N) is 1. The van der Waals surface area contributed by atoms with E-state index in [2.05, 4.69) is 15.5 Å². The molecular formula is C21H21F3N4OS. The molecule has 0 aliphatic carbocycles. The van der Waals surface area contributed by atoms with Gasteiger partial charge in [0, 0.05) is 12.1 Å². The molecule has 1 amide bonds. The van der Waals surface area contributed by atoms with Crippen LogP contribution in [0.2, 0.25) is 0 Å². The maximum atomic E-state index is 13.8. The fourth-order valence-corrected chi connectivity index (χ4v) is 3.74. The summed E-state index contributed by atoms with van der Waals surface area (Å²) in [5.41, 5.74) is 1.60. The summed E-state index contributed by atoms with van der Waals surface area (Å²) in [5, 5.41) is 10.7. The van der Waals surface area contributed by atoms with Gasteiger partial charge < -0.3 is 9.88 Å². The van der Waals surface area contributed by atoms with Gasteiger partial charge in [-0.25, -0.2) is 13.2 Å². The molecule has 1 atom stereocenters. The molecule has 1 N–H and O–H groups in total. The van der Waals surface area contributed by atoms with Crippen LogP contribution in [0.25, 0.3) is 11.4 Å². The van der Waals surface area contributed by atoms with Gasteiger partial charge in [0.05, 0.1) is 10.9 Å². The first-order chi connectivity index (χ1) is 14.3. The first-order valence-electron chi connectivity index (χ1n) is 9.43. The maximum Gasteiger partial charge on any atom is 0.237 e. The lowest BCUT2D eigenvalue weighted by molar-refractivity contribution is -0.115. The number of nitrogens with zero attached hydrogens (tertiary/aromatic N) is 3. The van der Waals surface area contributed by atoms with Crippen LogP contribution in [0.4, 0.5) is 18.9 Å². The van der Waals surface area contributed by atoms with Gasteiger partial charge in [-0.05, 0) is 38.5 Å². The molecule has 158 valence electrons. The van der Waals surface area contributed by atoms with Gasteiger partial charge in [-0.1, -0.05) is 42.4 Å². The Balaban J connectivity index is 1.80. The Morgan fingerprint density at radius 2 is 1.93 bits per heavy atom. The van der Waals surface area contributed by atoms with Crippen molar-refractivity contribution >= 4 is 23.4 Å². The molecule has 5 nitrogen and oxygen atoms in total. The summed E-state index contributed by atoms with van der Waals surface area (Å²) >= 11 is 1.16. The molecule has 3 aromatic rings. The van der Waals surface area contributed by atoms with Crippen molar-refractivity contribution in [3.05, 3.63) is 59.4 Å². The molecular weight excluding hydrogens is 413 g/mol. The number of amides is 1. The summed E-state index contributed by atoms with van der Waals surface area (Å²) in [6.07, 6.45) is 0.838. The van der Waals surface area contributed by atoms with Crippen LogP contribution < -0.4 is 5.32 Å². The van der Waals surface area contributed by atoms with E-state index in [1.54, 1.807) is 6.92 Å². The van der Waals surface area contributed by atoms with E-state index in [0.29, 0.717) is 17.5 Å². The average Bonchev–Trinajstić information content (AvgIpc) is 3.11. The number of anilines is 1. The second-order valence-corrected chi connectivity index (χ2v) is 8.11. The highest BCUT2D eigenvalue weighted by atomic mass is 32.2. The van der Waals surface area contributed by atoms with Gasteiger partial charge in [-0.15, -0.1) is 10.2 Å². The standard InChI is InChI=1S/C21H21F3N4OS/c1-4-10-28-19(14-7-5-6-12(2)11-14)26-27-21(28)30-13(3)20(29)25-16-9-8-15(22)17(23)18(16)24/h5-9,11,13H,4,10H2,1-3H3,(H,25,29). The zero-order chi connectivity index (χ0) is 21.8. The van der Waals surface area contributed by atoms with Gasteiger partial charge in [-0.3, -0.25) is 4.79 Å². The molecule has 1 aromatic heterocycles. The van der Waals surface area contributed by atoms with Crippen molar-refractivity contribution in [2.45, 2.75) is 44.1 Å². The zero-order valence-electron chi connectivity index (χ0n) is 16.7. The normalized spacial score (nSPS) is 12.1. The number of aromatic nitrogens is 3. The second kappa shape index (κ2) is 9.34. The van der Waals surface area contributed by atoms with Crippen molar-refractivity contribution < 1.29 is 18.0 Å². The van der Waals surface area contributed by atoms with Crippen molar-refractivity contribution in [1.82, 2.24) is 14.8 Å². The number of halogens is 3. The van der Waals surface area contributed by atoms with Crippen LogP contribution in [0, 0.1) is 24.4 Å². The molecule has 0 aliphatic rings. The Morgan fingerprint density at radius 3 is 2.63 bits per heavy atom. The number of hydrogen-bond acceptors (Lipinski definition) is 4. The molecule has 1 heterocycles. The maximum absolute atomic E-state index is 13.8. The molecule has 9 heteroatoms. The number of hydrogen-bond donors (Lipinski definition) is 1.